The number of carbonyl (C=O) groups is 2. The summed E-state index contributed by atoms with van der Waals surface area (Å²) in [5.74, 6) is 0.126. The topological polar surface area (TPSA) is 106 Å². The predicted octanol–water partition coefficient (Wildman–Crippen LogP) is 4.40. The van der Waals surface area contributed by atoms with Gasteiger partial charge in [0.1, 0.15) is 12.3 Å². The van der Waals surface area contributed by atoms with Crippen LogP contribution in [-0.4, -0.2) is 23.3 Å². The largest absolute Gasteiger partial charge is 0.468 e. The number of furan rings is 1. The monoisotopic (exact) mass is 423 g/mol. The maximum atomic E-state index is 13.0. The Morgan fingerprint density at radius 1 is 1.17 bits per heavy atom. The second-order valence-corrected chi connectivity index (χ2v) is 7.87. The fraction of sp³-hybridized carbons (Fsp3) is 0.143. The Kier molecular flexibility index (Phi) is 5.53. The molecule has 1 atom stereocenters. The van der Waals surface area contributed by atoms with Crippen molar-refractivity contribution in [2.45, 2.75) is 16.6 Å². The van der Waals surface area contributed by atoms with Gasteiger partial charge in [-0.25, -0.2) is 0 Å². The van der Waals surface area contributed by atoms with Crippen LogP contribution in [0.1, 0.15) is 17.4 Å². The standard InChI is InChI=1S/C21H17N3O5S/c25-20(22-14-7-9-15(10-8-14)24(27)28)13-23-16-4-1-2-6-18(16)30-19(12-21(23)26)17-5-3-11-29-17/h1-11,19H,12-13H2,(H,22,25)/t19-/m0/s1. The molecule has 1 aliphatic rings. The number of non-ortho nitro benzene ring substituents is 1. The van der Waals surface area contributed by atoms with E-state index in [9.17, 15) is 19.7 Å². The minimum Gasteiger partial charge on any atom is -0.468 e. The fourth-order valence-corrected chi connectivity index (χ4v) is 4.43. The Bertz CT molecular complexity index is 1080. The number of rotatable bonds is 5. The molecule has 30 heavy (non-hydrogen) atoms. The van der Waals surface area contributed by atoms with E-state index in [2.05, 4.69) is 5.32 Å². The predicted molar refractivity (Wildman–Crippen MR) is 112 cm³/mol. The second kappa shape index (κ2) is 8.42. The number of benzene rings is 2. The van der Waals surface area contributed by atoms with Gasteiger partial charge >= 0.3 is 0 Å². The summed E-state index contributed by atoms with van der Waals surface area (Å²) in [4.78, 5) is 38.2. The van der Waals surface area contributed by atoms with E-state index < -0.39 is 10.8 Å². The third-order valence-electron chi connectivity index (χ3n) is 4.61. The van der Waals surface area contributed by atoms with Crippen molar-refractivity contribution in [3.05, 3.63) is 82.8 Å². The number of nitro benzene ring substituents is 1. The first kappa shape index (κ1) is 19.7. The molecule has 0 saturated heterocycles. The lowest BCUT2D eigenvalue weighted by Crippen LogP contribution is -2.38. The maximum Gasteiger partial charge on any atom is 0.269 e. The molecule has 4 rings (SSSR count). The van der Waals surface area contributed by atoms with Gasteiger partial charge in [0, 0.05) is 29.1 Å². The summed E-state index contributed by atoms with van der Waals surface area (Å²) < 4.78 is 5.49. The van der Waals surface area contributed by atoms with Crippen molar-refractivity contribution < 1.29 is 18.9 Å². The van der Waals surface area contributed by atoms with E-state index in [1.807, 2.05) is 30.3 Å². The van der Waals surface area contributed by atoms with Crippen molar-refractivity contribution in [3.63, 3.8) is 0 Å². The van der Waals surface area contributed by atoms with Gasteiger partial charge in [0.2, 0.25) is 11.8 Å². The summed E-state index contributed by atoms with van der Waals surface area (Å²) in [5.41, 5.74) is 1.02. The molecule has 0 spiro atoms. The average Bonchev–Trinajstić information content (AvgIpc) is 3.23. The van der Waals surface area contributed by atoms with Gasteiger partial charge in [-0.3, -0.25) is 19.7 Å². The van der Waals surface area contributed by atoms with Gasteiger partial charge in [-0.15, -0.1) is 11.8 Å². The number of thioether (sulfide) groups is 1. The van der Waals surface area contributed by atoms with E-state index in [-0.39, 0.29) is 29.8 Å². The van der Waals surface area contributed by atoms with Crippen molar-refractivity contribution in [2.75, 3.05) is 16.8 Å². The van der Waals surface area contributed by atoms with Crippen LogP contribution in [0.3, 0.4) is 0 Å². The number of hydrogen-bond acceptors (Lipinski definition) is 6. The van der Waals surface area contributed by atoms with Crippen LogP contribution in [0.2, 0.25) is 0 Å². The number of nitrogens with one attached hydrogen (secondary N) is 1. The lowest BCUT2D eigenvalue weighted by atomic mass is 10.2. The summed E-state index contributed by atoms with van der Waals surface area (Å²) in [7, 11) is 0. The molecule has 0 radical (unpaired) electrons. The lowest BCUT2D eigenvalue weighted by Gasteiger charge is -2.22. The Hall–Kier alpha value is -3.59. The number of anilines is 2. The first-order valence-electron chi connectivity index (χ1n) is 9.15. The molecule has 1 aromatic heterocycles. The number of para-hydroxylation sites is 1. The number of amides is 2. The van der Waals surface area contributed by atoms with Crippen LogP contribution in [-0.2, 0) is 9.59 Å². The highest BCUT2D eigenvalue weighted by Crippen LogP contribution is 2.45. The fourth-order valence-electron chi connectivity index (χ4n) is 3.19. The van der Waals surface area contributed by atoms with Crippen LogP contribution in [0.5, 0.6) is 0 Å². The molecule has 152 valence electrons. The third kappa shape index (κ3) is 4.20. The molecule has 2 amide bonds. The van der Waals surface area contributed by atoms with Crippen LogP contribution < -0.4 is 10.2 Å². The molecule has 3 aromatic rings. The number of carbonyl (C=O) groups excluding carboxylic acids is 2. The molecular formula is C21H17N3O5S. The highest BCUT2D eigenvalue weighted by Gasteiger charge is 2.31. The molecule has 9 heteroatoms. The van der Waals surface area contributed by atoms with Crippen LogP contribution in [0.25, 0.3) is 0 Å². The smallest absolute Gasteiger partial charge is 0.269 e. The summed E-state index contributed by atoms with van der Waals surface area (Å²) in [6.07, 6.45) is 1.77. The van der Waals surface area contributed by atoms with E-state index in [0.717, 1.165) is 4.90 Å². The summed E-state index contributed by atoms with van der Waals surface area (Å²) in [5, 5.41) is 13.3. The van der Waals surface area contributed by atoms with Crippen molar-refractivity contribution in [1.29, 1.82) is 0 Å². The second-order valence-electron chi connectivity index (χ2n) is 6.63. The zero-order chi connectivity index (χ0) is 21.1. The van der Waals surface area contributed by atoms with Gasteiger partial charge < -0.3 is 14.6 Å². The Balaban J connectivity index is 1.53. The molecule has 8 nitrogen and oxygen atoms in total. The normalized spacial score (nSPS) is 15.9. The molecule has 1 aliphatic heterocycles. The number of fused-ring (bicyclic) bond motifs is 1. The average molecular weight is 423 g/mol. The van der Waals surface area contributed by atoms with Crippen LogP contribution in [0, 0.1) is 10.1 Å². The summed E-state index contributed by atoms with van der Waals surface area (Å²) in [6, 6.07) is 16.6. The van der Waals surface area contributed by atoms with Crippen molar-refractivity contribution in [1.82, 2.24) is 0 Å². The van der Waals surface area contributed by atoms with Gasteiger partial charge in [-0.2, -0.15) is 0 Å². The zero-order valence-corrected chi connectivity index (χ0v) is 16.5. The van der Waals surface area contributed by atoms with Crippen molar-refractivity contribution in [3.8, 4) is 0 Å². The van der Waals surface area contributed by atoms with Gasteiger partial charge in [0.15, 0.2) is 0 Å². The van der Waals surface area contributed by atoms with Crippen molar-refractivity contribution in [2.24, 2.45) is 0 Å². The molecule has 0 fully saturated rings. The van der Waals surface area contributed by atoms with Gasteiger partial charge in [0.05, 0.1) is 22.1 Å². The van der Waals surface area contributed by atoms with Gasteiger partial charge in [-0.05, 0) is 36.4 Å². The Labute approximate surface area is 176 Å². The van der Waals surface area contributed by atoms with E-state index >= 15 is 0 Å². The molecular weight excluding hydrogens is 406 g/mol. The number of nitrogens with zero attached hydrogens (tertiary/aromatic N) is 2. The van der Waals surface area contributed by atoms with E-state index in [0.29, 0.717) is 17.1 Å². The Morgan fingerprint density at radius 2 is 1.93 bits per heavy atom. The van der Waals surface area contributed by atoms with Crippen LogP contribution >= 0.6 is 11.8 Å². The van der Waals surface area contributed by atoms with E-state index in [1.54, 1.807) is 12.3 Å². The molecule has 2 aromatic carbocycles. The zero-order valence-electron chi connectivity index (χ0n) is 15.7. The molecule has 0 unspecified atom stereocenters. The number of hydrogen-bond donors (Lipinski definition) is 1. The Morgan fingerprint density at radius 3 is 2.63 bits per heavy atom. The molecule has 0 saturated carbocycles. The number of nitro groups is 1. The quantitative estimate of drug-likeness (QED) is 0.482. The minimum atomic E-state index is -0.508. The highest BCUT2D eigenvalue weighted by molar-refractivity contribution is 7.99. The molecule has 0 bridgehead atoms. The first-order chi connectivity index (χ1) is 14.5. The van der Waals surface area contributed by atoms with E-state index in [1.165, 1.54) is 40.9 Å². The van der Waals surface area contributed by atoms with Gasteiger partial charge in [-0.1, -0.05) is 12.1 Å². The van der Waals surface area contributed by atoms with Crippen LogP contribution in [0.4, 0.5) is 17.1 Å². The summed E-state index contributed by atoms with van der Waals surface area (Å²) >= 11 is 1.53. The minimum absolute atomic E-state index is 0.0642. The van der Waals surface area contributed by atoms with Crippen LogP contribution in [0.15, 0.2) is 76.2 Å². The van der Waals surface area contributed by atoms with Gasteiger partial charge in [0.25, 0.3) is 5.69 Å². The van der Waals surface area contributed by atoms with E-state index in [4.69, 9.17) is 4.42 Å². The van der Waals surface area contributed by atoms with Crippen molar-refractivity contribution >= 4 is 40.6 Å². The summed E-state index contributed by atoms with van der Waals surface area (Å²) in [6.45, 7) is -0.168. The lowest BCUT2D eigenvalue weighted by molar-refractivity contribution is -0.384. The molecule has 0 aliphatic carbocycles. The highest BCUT2D eigenvalue weighted by atomic mass is 32.2. The molecule has 2 heterocycles. The maximum absolute atomic E-state index is 13.0. The third-order valence-corrected chi connectivity index (χ3v) is 5.89. The first-order valence-corrected chi connectivity index (χ1v) is 10.0. The SMILES string of the molecule is O=C(CN1C(=O)C[C@@H](c2ccco2)Sc2ccccc21)Nc1ccc([N+](=O)[O-])cc1. The molecule has 1 N–H and O–H groups in total.